The Balaban J connectivity index is 2.44. The van der Waals surface area contributed by atoms with Crippen molar-refractivity contribution in [3.8, 4) is 0 Å². The van der Waals surface area contributed by atoms with Gasteiger partial charge in [-0.05, 0) is 12.8 Å². The van der Waals surface area contributed by atoms with Gasteiger partial charge in [-0.15, -0.1) is 0 Å². The molecule has 19 heavy (non-hydrogen) atoms. The van der Waals surface area contributed by atoms with E-state index < -0.39 is 0 Å². The number of hydrogen-bond acceptors (Lipinski definition) is 1. The lowest BCUT2D eigenvalue weighted by atomic mass is 9.78. The number of rotatable bonds is 1. The molecule has 1 N–H and O–H groups in total. The zero-order chi connectivity index (χ0) is 13.6. The smallest absolute Gasteiger partial charge is 0.0331 e. The normalized spacial score (nSPS) is 39.6. The average molecular weight is 251 g/mol. The lowest BCUT2D eigenvalue weighted by Crippen LogP contribution is -2.15. The number of fused-ring (bicyclic) bond motifs is 2. The summed E-state index contributed by atoms with van der Waals surface area (Å²) in [7, 11) is 0. The van der Waals surface area contributed by atoms with Crippen molar-refractivity contribution in [1.29, 1.82) is 5.41 Å². The fraction of sp³-hybridized carbons (Fsp3) is 0.278. The summed E-state index contributed by atoms with van der Waals surface area (Å²) in [5, 5.41) is 7.66. The molecule has 0 fully saturated rings. The predicted molar refractivity (Wildman–Crippen MR) is 83.4 cm³/mol. The molecule has 1 nitrogen and oxygen atoms in total. The van der Waals surface area contributed by atoms with Gasteiger partial charge in [-0.1, -0.05) is 79.3 Å². The molecule has 2 bridgehead atoms. The molecule has 0 saturated carbocycles. The Hall–Kier alpha value is -1.89. The monoisotopic (exact) mass is 251 g/mol. The van der Waals surface area contributed by atoms with Crippen LogP contribution in [0.5, 0.6) is 0 Å². The van der Waals surface area contributed by atoms with Gasteiger partial charge in [0.2, 0.25) is 0 Å². The standard InChI is InChI=1S/C18H21N/c1-18-12-8-4-2-3-6-11-17(15-19)16(14-18)10-7-5-9-13-18/h2-3,5-13,15,17,19H,4,14H2,1H3/b3-2-,7-5-,11-6-,12-8-,13-9?,16-10+,19-15?. The summed E-state index contributed by atoms with van der Waals surface area (Å²) in [4.78, 5) is 0. The maximum absolute atomic E-state index is 7.66. The van der Waals surface area contributed by atoms with Crippen molar-refractivity contribution in [3.63, 3.8) is 0 Å². The maximum Gasteiger partial charge on any atom is 0.0331 e. The molecule has 0 aromatic rings. The minimum absolute atomic E-state index is 0.0316. The molecule has 98 valence electrons. The molecular formula is C18H21N. The van der Waals surface area contributed by atoms with Gasteiger partial charge in [0, 0.05) is 17.5 Å². The Morgan fingerprint density at radius 2 is 2.00 bits per heavy atom. The van der Waals surface area contributed by atoms with Crippen molar-refractivity contribution in [3.05, 3.63) is 72.4 Å². The molecule has 1 heteroatoms. The summed E-state index contributed by atoms with van der Waals surface area (Å²) in [5.41, 5.74) is 1.32. The highest BCUT2D eigenvalue weighted by Gasteiger charge is 2.22. The van der Waals surface area contributed by atoms with E-state index in [1.54, 1.807) is 0 Å². The maximum atomic E-state index is 7.66. The second-order valence-corrected chi connectivity index (χ2v) is 5.31. The van der Waals surface area contributed by atoms with Crippen LogP contribution in [0.15, 0.2) is 72.4 Å². The van der Waals surface area contributed by atoms with Crippen LogP contribution in [0.1, 0.15) is 19.8 Å². The van der Waals surface area contributed by atoms with Gasteiger partial charge in [-0.25, -0.2) is 0 Å². The van der Waals surface area contributed by atoms with Crippen molar-refractivity contribution in [2.75, 3.05) is 0 Å². The second kappa shape index (κ2) is 6.33. The number of allylic oxidation sites excluding steroid dienone is 12. The Kier molecular flexibility index (Phi) is 4.51. The fourth-order valence-electron chi connectivity index (χ4n) is 2.46. The molecule has 0 heterocycles. The van der Waals surface area contributed by atoms with Gasteiger partial charge in [-0.3, -0.25) is 0 Å². The van der Waals surface area contributed by atoms with Gasteiger partial charge in [-0.2, -0.15) is 0 Å². The molecule has 2 unspecified atom stereocenters. The summed E-state index contributed by atoms with van der Waals surface area (Å²) in [6.07, 6.45) is 26.9. The third-order valence-electron chi connectivity index (χ3n) is 3.54. The zero-order valence-electron chi connectivity index (χ0n) is 11.4. The summed E-state index contributed by atoms with van der Waals surface area (Å²) >= 11 is 0. The first kappa shape index (κ1) is 13.5. The van der Waals surface area contributed by atoms with Crippen molar-refractivity contribution in [2.24, 2.45) is 11.3 Å². The van der Waals surface area contributed by atoms with Crippen LogP contribution < -0.4 is 0 Å². The molecule has 2 aliphatic carbocycles. The van der Waals surface area contributed by atoms with Gasteiger partial charge in [0.25, 0.3) is 0 Å². The topological polar surface area (TPSA) is 23.9 Å². The van der Waals surface area contributed by atoms with Crippen molar-refractivity contribution in [1.82, 2.24) is 0 Å². The van der Waals surface area contributed by atoms with E-state index in [0.29, 0.717) is 0 Å². The van der Waals surface area contributed by atoms with Crippen molar-refractivity contribution in [2.45, 2.75) is 19.8 Å². The van der Waals surface area contributed by atoms with Gasteiger partial charge in [0.05, 0.1) is 0 Å². The zero-order valence-corrected chi connectivity index (χ0v) is 11.4. The Morgan fingerprint density at radius 3 is 2.84 bits per heavy atom. The van der Waals surface area contributed by atoms with Crippen LogP contribution in [-0.2, 0) is 0 Å². The molecular weight excluding hydrogens is 230 g/mol. The summed E-state index contributed by atoms with van der Waals surface area (Å²) in [5.74, 6) is 0.0895. The summed E-state index contributed by atoms with van der Waals surface area (Å²) < 4.78 is 0. The number of hydrogen-bond donors (Lipinski definition) is 1. The van der Waals surface area contributed by atoms with E-state index >= 15 is 0 Å². The van der Waals surface area contributed by atoms with Crippen LogP contribution >= 0.6 is 0 Å². The highest BCUT2D eigenvalue weighted by molar-refractivity contribution is 5.65. The van der Waals surface area contributed by atoms with Crippen LogP contribution in [0.3, 0.4) is 0 Å². The van der Waals surface area contributed by atoms with Crippen LogP contribution in [-0.4, -0.2) is 6.21 Å². The SMILES string of the molecule is CC12C=C/C=C\C=C(/C1)C(C=N)/C=C\C=C/C/C=C\2. The first-order valence-electron chi connectivity index (χ1n) is 6.80. The molecule has 2 atom stereocenters. The highest BCUT2D eigenvalue weighted by atomic mass is 14.4. The van der Waals surface area contributed by atoms with Crippen LogP contribution in [0.25, 0.3) is 0 Å². The van der Waals surface area contributed by atoms with Gasteiger partial charge < -0.3 is 5.41 Å². The molecule has 0 spiro atoms. The van der Waals surface area contributed by atoms with Crippen molar-refractivity contribution < 1.29 is 0 Å². The third kappa shape index (κ3) is 3.78. The minimum Gasteiger partial charge on any atom is -0.312 e. The van der Waals surface area contributed by atoms with E-state index in [2.05, 4.69) is 67.7 Å². The lowest BCUT2D eigenvalue weighted by molar-refractivity contribution is 0.531. The van der Waals surface area contributed by atoms with E-state index in [0.717, 1.165) is 12.8 Å². The predicted octanol–water partition coefficient (Wildman–Crippen LogP) is 4.77. The van der Waals surface area contributed by atoms with E-state index in [4.69, 9.17) is 5.41 Å². The van der Waals surface area contributed by atoms with E-state index in [-0.39, 0.29) is 11.3 Å². The lowest BCUT2D eigenvalue weighted by Gasteiger charge is -2.26. The summed E-state index contributed by atoms with van der Waals surface area (Å²) in [6.45, 7) is 2.25. The first-order valence-corrected chi connectivity index (χ1v) is 6.80. The van der Waals surface area contributed by atoms with Crippen LogP contribution in [0.4, 0.5) is 0 Å². The first-order chi connectivity index (χ1) is 9.23. The van der Waals surface area contributed by atoms with Gasteiger partial charge >= 0.3 is 0 Å². The van der Waals surface area contributed by atoms with E-state index in [1.807, 2.05) is 6.08 Å². The molecule has 0 aromatic heterocycles. The summed E-state index contributed by atoms with van der Waals surface area (Å²) in [6, 6.07) is 0. The molecule has 0 aromatic carbocycles. The minimum atomic E-state index is 0.0316. The van der Waals surface area contributed by atoms with Crippen LogP contribution in [0.2, 0.25) is 0 Å². The third-order valence-corrected chi connectivity index (χ3v) is 3.54. The molecule has 0 amide bonds. The van der Waals surface area contributed by atoms with Gasteiger partial charge in [0.15, 0.2) is 0 Å². The van der Waals surface area contributed by atoms with Gasteiger partial charge in [0.1, 0.15) is 0 Å². The van der Waals surface area contributed by atoms with E-state index in [9.17, 15) is 0 Å². The molecule has 0 saturated heterocycles. The second-order valence-electron chi connectivity index (χ2n) is 5.31. The Morgan fingerprint density at radius 1 is 1.11 bits per heavy atom. The Labute approximate surface area is 115 Å². The largest absolute Gasteiger partial charge is 0.312 e. The molecule has 0 radical (unpaired) electrons. The number of nitrogens with one attached hydrogen (secondary N) is 1. The molecule has 2 rings (SSSR count). The molecule has 2 aliphatic rings. The van der Waals surface area contributed by atoms with Crippen molar-refractivity contribution >= 4 is 6.21 Å². The Bertz CT molecular complexity index is 500. The average Bonchev–Trinajstić information content (AvgIpc) is 2.41. The fourth-order valence-corrected chi connectivity index (χ4v) is 2.46. The highest BCUT2D eigenvalue weighted by Crippen LogP contribution is 2.34. The van der Waals surface area contributed by atoms with Crippen LogP contribution in [0, 0.1) is 16.7 Å². The van der Waals surface area contributed by atoms with E-state index in [1.165, 1.54) is 11.8 Å². The molecule has 0 aliphatic heterocycles. The quantitative estimate of drug-likeness (QED) is 0.512.